The second-order valence-corrected chi connectivity index (χ2v) is 5.65. The Morgan fingerprint density at radius 2 is 2.05 bits per heavy atom. The van der Waals surface area contributed by atoms with E-state index in [1.54, 1.807) is 25.1 Å². The van der Waals surface area contributed by atoms with Gasteiger partial charge < -0.3 is 0 Å². The van der Waals surface area contributed by atoms with Crippen molar-refractivity contribution >= 4 is 33.0 Å². The lowest BCUT2D eigenvalue weighted by Gasteiger charge is -2.04. The van der Waals surface area contributed by atoms with Crippen LogP contribution in [0.3, 0.4) is 0 Å². The van der Waals surface area contributed by atoms with Gasteiger partial charge in [0.2, 0.25) is 5.78 Å². The zero-order valence-electron chi connectivity index (χ0n) is 9.58. The van der Waals surface area contributed by atoms with Gasteiger partial charge in [0.25, 0.3) is 0 Å². The van der Waals surface area contributed by atoms with Gasteiger partial charge in [-0.25, -0.2) is 4.98 Å². The maximum absolute atomic E-state index is 12.4. The highest BCUT2D eigenvalue weighted by Gasteiger charge is 2.35. The molecule has 0 aliphatic carbocycles. The van der Waals surface area contributed by atoms with E-state index in [-0.39, 0.29) is 4.88 Å². The smallest absolute Gasteiger partial charge is 0.288 e. The van der Waals surface area contributed by atoms with Gasteiger partial charge in [-0.2, -0.15) is 13.2 Å². The van der Waals surface area contributed by atoms with Crippen LogP contribution < -0.4 is 0 Å². The molecule has 1 aromatic heterocycles. The molecule has 0 N–H and O–H groups in total. The van der Waals surface area contributed by atoms with Crippen molar-refractivity contribution in [3.8, 4) is 0 Å². The number of aromatic nitrogens is 1. The lowest BCUT2D eigenvalue weighted by molar-refractivity contribution is -0.137. The molecule has 0 spiro atoms. The van der Waals surface area contributed by atoms with E-state index in [1.165, 1.54) is 0 Å². The van der Waals surface area contributed by atoms with Crippen LogP contribution in [0.15, 0.2) is 28.9 Å². The first-order valence-corrected chi connectivity index (χ1v) is 6.74. The van der Waals surface area contributed by atoms with Gasteiger partial charge in [-0.1, -0.05) is 28.1 Å². The summed E-state index contributed by atoms with van der Waals surface area (Å²) < 4.78 is 38.1. The topological polar surface area (TPSA) is 30.0 Å². The average molecular weight is 350 g/mol. The molecule has 7 heteroatoms. The maximum atomic E-state index is 12.4. The van der Waals surface area contributed by atoms with Crippen molar-refractivity contribution in [2.45, 2.75) is 13.1 Å². The van der Waals surface area contributed by atoms with Gasteiger partial charge in [0, 0.05) is 16.2 Å². The summed E-state index contributed by atoms with van der Waals surface area (Å²) in [4.78, 5) is 15.4. The van der Waals surface area contributed by atoms with Gasteiger partial charge in [-0.05, 0) is 18.6 Å². The fraction of sp³-hybridized carbons (Fsp3) is 0.167. The third-order valence-electron chi connectivity index (χ3n) is 2.48. The number of halogens is 4. The van der Waals surface area contributed by atoms with Crippen LogP contribution in [0.1, 0.15) is 25.8 Å². The van der Waals surface area contributed by atoms with Crippen LogP contribution in [0.25, 0.3) is 0 Å². The van der Waals surface area contributed by atoms with E-state index in [0.717, 1.165) is 10.7 Å². The maximum Gasteiger partial charge on any atom is 0.443 e. The first kappa shape index (κ1) is 14.2. The van der Waals surface area contributed by atoms with E-state index in [1.807, 2.05) is 0 Å². The minimum absolute atomic E-state index is 0.0199. The molecule has 2 nitrogen and oxygen atoms in total. The molecule has 19 heavy (non-hydrogen) atoms. The lowest BCUT2D eigenvalue weighted by Crippen LogP contribution is -2.03. The zero-order chi connectivity index (χ0) is 14.2. The highest BCUT2D eigenvalue weighted by molar-refractivity contribution is 9.10. The minimum atomic E-state index is -4.52. The van der Waals surface area contributed by atoms with E-state index in [4.69, 9.17) is 0 Å². The molecule has 100 valence electrons. The van der Waals surface area contributed by atoms with Gasteiger partial charge in [0.1, 0.15) is 0 Å². The van der Waals surface area contributed by atoms with Crippen LogP contribution in [0, 0.1) is 6.92 Å². The Morgan fingerprint density at radius 3 is 2.63 bits per heavy atom. The van der Waals surface area contributed by atoms with Crippen molar-refractivity contribution < 1.29 is 18.0 Å². The van der Waals surface area contributed by atoms with Crippen LogP contribution in [0.2, 0.25) is 0 Å². The SMILES string of the molecule is Cc1c(Br)cccc1C(=O)c1cnc(C(F)(F)F)s1. The molecule has 0 bridgehead atoms. The number of carbonyl (C=O) groups excluding carboxylic acids is 1. The molecule has 0 saturated carbocycles. The van der Waals surface area contributed by atoms with E-state index in [2.05, 4.69) is 20.9 Å². The summed E-state index contributed by atoms with van der Waals surface area (Å²) in [6.07, 6.45) is -3.55. The standard InChI is InChI=1S/C12H7BrF3NOS/c1-6-7(3-2-4-8(6)13)10(18)9-5-17-11(19-9)12(14,15)16/h2-5H,1H3. The van der Waals surface area contributed by atoms with Gasteiger partial charge in [0.05, 0.1) is 4.88 Å². The lowest BCUT2D eigenvalue weighted by atomic mass is 10.0. The Labute approximate surface area is 119 Å². The van der Waals surface area contributed by atoms with Gasteiger partial charge in [-0.3, -0.25) is 4.79 Å². The van der Waals surface area contributed by atoms with E-state index in [0.29, 0.717) is 22.5 Å². The molecule has 1 aromatic carbocycles. The molecular formula is C12H7BrF3NOS. The predicted octanol–water partition coefficient (Wildman–Crippen LogP) is 4.46. The van der Waals surface area contributed by atoms with E-state index in [9.17, 15) is 18.0 Å². The average Bonchev–Trinajstić information content (AvgIpc) is 2.81. The molecule has 0 unspecified atom stereocenters. The minimum Gasteiger partial charge on any atom is -0.288 e. The molecule has 0 radical (unpaired) electrons. The highest BCUT2D eigenvalue weighted by Crippen LogP contribution is 2.33. The number of rotatable bonds is 2. The molecule has 0 aliphatic heterocycles. The zero-order valence-corrected chi connectivity index (χ0v) is 12.0. The first-order valence-electron chi connectivity index (χ1n) is 5.13. The number of hydrogen-bond donors (Lipinski definition) is 0. The summed E-state index contributed by atoms with van der Waals surface area (Å²) in [6.45, 7) is 1.73. The monoisotopic (exact) mass is 349 g/mol. The van der Waals surface area contributed by atoms with Crippen molar-refractivity contribution in [1.29, 1.82) is 0 Å². The van der Waals surface area contributed by atoms with Crippen LogP contribution in [0.5, 0.6) is 0 Å². The summed E-state index contributed by atoms with van der Waals surface area (Å²) in [5, 5.41) is -1.01. The van der Waals surface area contributed by atoms with Crippen molar-refractivity contribution in [3.63, 3.8) is 0 Å². The molecule has 1 heterocycles. The Hall–Kier alpha value is -1.21. The second kappa shape index (κ2) is 5.05. The molecule has 0 saturated heterocycles. The summed E-state index contributed by atoms with van der Waals surface area (Å²) in [6, 6.07) is 5.01. The summed E-state index contributed by atoms with van der Waals surface area (Å²) in [5.74, 6) is -0.452. The number of ketones is 1. The second-order valence-electron chi connectivity index (χ2n) is 3.77. The number of thiazole rings is 1. The third kappa shape index (κ3) is 2.87. The summed E-state index contributed by atoms with van der Waals surface area (Å²) in [7, 11) is 0. The van der Waals surface area contributed by atoms with Crippen LogP contribution in [0.4, 0.5) is 13.2 Å². The van der Waals surface area contributed by atoms with Crippen LogP contribution in [-0.2, 0) is 6.18 Å². The van der Waals surface area contributed by atoms with E-state index >= 15 is 0 Å². The Bertz CT molecular complexity index is 636. The molecule has 0 amide bonds. The third-order valence-corrected chi connectivity index (χ3v) is 4.38. The van der Waals surface area contributed by atoms with Gasteiger partial charge in [-0.15, -0.1) is 11.3 Å². The Balaban J connectivity index is 2.40. The molecule has 0 aliphatic rings. The first-order chi connectivity index (χ1) is 8.80. The van der Waals surface area contributed by atoms with Crippen molar-refractivity contribution in [2.24, 2.45) is 0 Å². The fourth-order valence-electron chi connectivity index (χ4n) is 1.50. The number of hydrogen-bond acceptors (Lipinski definition) is 3. The van der Waals surface area contributed by atoms with Gasteiger partial charge >= 0.3 is 6.18 Å². The quantitative estimate of drug-likeness (QED) is 0.749. The van der Waals surface area contributed by atoms with Crippen LogP contribution >= 0.6 is 27.3 Å². The fourth-order valence-corrected chi connectivity index (χ4v) is 2.60. The molecule has 2 aromatic rings. The van der Waals surface area contributed by atoms with Gasteiger partial charge in [0.15, 0.2) is 5.01 Å². The van der Waals surface area contributed by atoms with E-state index < -0.39 is 17.0 Å². The number of benzene rings is 1. The highest BCUT2D eigenvalue weighted by atomic mass is 79.9. The van der Waals surface area contributed by atoms with Crippen molar-refractivity contribution in [2.75, 3.05) is 0 Å². The molecule has 2 rings (SSSR count). The largest absolute Gasteiger partial charge is 0.443 e. The summed E-state index contributed by atoms with van der Waals surface area (Å²) >= 11 is 3.64. The number of carbonyl (C=O) groups is 1. The number of nitrogens with zero attached hydrogens (tertiary/aromatic N) is 1. The van der Waals surface area contributed by atoms with Crippen molar-refractivity contribution in [1.82, 2.24) is 4.98 Å². The molecule has 0 atom stereocenters. The van der Waals surface area contributed by atoms with Crippen LogP contribution in [-0.4, -0.2) is 10.8 Å². The normalized spacial score (nSPS) is 11.6. The Kier molecular flexibility index (Phi) is 3.78. The number of alkyl halides is 3. The molecular weight excluding hydrogens is 343 g/mol. The molecule has 0 fully saturated rings. The predicted molar refractivity (Wildman–Crippen MR) is 69.4 cm³/mol. The summed E-state index contributed by atoms with van der Waals surface area (Å²) in [5.41, 5.74) is 1.06. The van der Waals surface area contributed by atoms with Crippen molar-refractivity contribution in [3.05, 3.63) is 49.9 Å². The Morgan fingerprint density at radius 1 is 1.37 bits per heavy atom.